The number of carbonyl (C=O) groups is 1. The molecule has 0 aliphatic heterocycles. The summed E-state index contributed by atoms with van der Waals surface area (Å²) < 4.78 is 14.7. The summed E-state index contributed by atoms with van der Waals surface area (Å²) in [4.78, 5) is 20.5. The van der Waals surface area contributed by atoms with Crippen LogP contribution in [0.2, 0.25) is 0 Å². The lowest BCUT2D eigenvalue weighted by Gasteiger charge is -2.12. The molecule has 0 aliphatic rings. The van der Waals surface area contributed by atoms with Crippen molar-refractivity contribution in [3.63, 3.8) is 0 Å². The van der Waals surface area contributed by atoms with E-state index in [1.165, 1.54) is 12.1 Å². The van der Waals surface area contributed by atoms with Gasteiger partial charge < -0.3 is 5.32 Å². The van der Waals surface area contributed by atoms with Gasteiger partial charge in [-0.25, -0.2) is 14.4 Å². The molecule has 2 aromatic heterocycles. The Labute approximate surface area is 139 Å². The van der Waals surface area contributed by atoms with E-state index in [0.29, 0.717) is 12.1 Å². The zero-order chi connectivity index (χ0) is 16.9. The van der Waals surface area contributed by atoms with Crippen LogP contribution >= 0.6 is 0 Å². The summed E-state index contributed by atoms with van der Waals surface area (Å²) in [6.45, 7) is 1.84. The molecule has 122 valence electrons. The molecule has 1 amide bonds. The number of nitrogens with one attached hydrogen (secondary N) is 1. The Morgan fingerprint density at radius 3 is 2.67 bits per heavy atom. The highest BCUT2D eigenvalue weighted by Crippen LogP contribution is 2.14. The van der Waals surface area contributed by atoms with Crippen molar-refractivity contribution in [1.29, 1.82) is 0 Å². The Kier molecular flexibility index (Phi) is 4.65. The van der Waals surface area contributed by atoms with Crippen LogP contribution in [0, 0.1) is 11.7 Å². The van der Waals surface area contributed by atoms with Crippen LogP contribution in [-0.4, -0.2) is 20.4 Å². The number of pyridine rings is 1. The number of benzene rings is 1. The molecule has 3 aromatic rings. The number of hydrogen-bond donors (Lipinski definition) is 1. The number of rotatable bonds is 5. The Morgan fingerprint density at radius 2 is 2.04 bits per heavy atom. The van der Waals surface area contributed by atoms with Crippen LogP contribution in [0.3, 0.4) is 0 Å². The molecule has 0 fully saturated rings. The monoisotopic (exact) mass is 324 g/mol. The molecule has 6 heteroatoms. The van der Waals surface area contributed by atoms with Gasteiger partial charge in [0, 0.05) is 18.3 Å². The maximum absolute atomic E-state index is 12.9. The van der Waals surface area contributed by atoms with E-state index in [1.807, 2.05) is 13.0 Å². The molecule has 0 bridgehead atoms. The zero-order valence-corrected chi connectivity index (χ0v) is 13.2. The van der Waals surface area contributed by atoms with Gasteiger partial charge in [0.1, 0.15) is 18.0 Å². The molecule has 1 aromatic carbocycles. The van der Waals surface area contributed by atoms with Gasteiger partial charge in [0.05, 0.1) is 11.9 Å². The van der Waals surface area contributed by atoms with Gasteiger partial charge in [-0.15, -0.1) is 0 Å². The standard InChI is InChI=1S/C18H17FN4O/c1-13(10-14-2-4-15(19)5-3-14)18(24)22-16-6-7-17(21-11-16)23-9-8-20-12-23/h2-9,11-13H,10H2,1H3,(H,22,24). The van der Waals surface area contributed by atoms with Crippen molar-refractivity contribution in [2.75, 3.05) is 5.32 Å². The van der Waals surface area contributed by atoms with Crippen LogP contribution in [0.15, 0.2) is 61.3 Å². The fourth-order valence-electron chi connectivity index (χ4n) is 2.34. The van der Waals surface area contributed by atoms with Crippen molar-refractivity contribution in [3.05, 3.63) is 72.7 Å². The van der Waals surface area contributed by atoms with Gasteiger partial charge in [-0.3, -0.25) is 9.36 Å². The summed E-state index contributed by atoms with van der Waals surface area (Å²) in [5, 5.41) is 2.85. The lowest BCUT2D eigenvalue weighted by atomic mass is 10.0. The highest BCUT2D eigenvalue weighted by atomic mass is 19.1. The fourth-order valence-corrected chi connectivity index (χ4v) is 2.34. The molecule has 5 nitrogen and oxygen atoms in total. The normalized spacial score (nSPS) is 11.9. The first kappa shape index (κ1) is 15.9. The third-order valence-corrected chi connectivity index (χ3v) is 3.69. The second-order valence-corrected chi connectivity index (χ2v) is 5.60. The van der Waals surface area contributed by atoms with Gasteiger partial charge in [0.15, 0.2) is 0 Å². The second kappa shape index (κ2) is 7.04. The molecular weight excluding hydrogens is 307 g/mol. The summed E-state index contributed by atoms with van der Waals surface area (Å²) in [6.07, 6.45) is 7.29. The first-order valence-corrected chi connectivity index (χ1v) is 7.61. The van der Waals surface area contributed by atoms with Gasteiger partial charge in [-0.05, 0) is 36.2 Å². The largest absolute Gasteiger partial charge is 0.324 e. The molecule has 0 radical (unpaired) electrons. The maximum atomic E-state index is 12.9. The van der Waals surface area contributed by atoms with E-state index in [4.69, 9.17) is 0 Å². The molecule has 0 spiro atoms. The van der Waals surface area contributed by atoms with Crippen LogP contribution in [0.5, 0.6) is 0 Å². The van der Waals surface area contributed by atoms with Crippen LogP contribution < -0.4 is 5.32 Å². The number of carbonyl (C=O) groups excluding carboxylic acids is 1. The van der Waals surface area contributed by atoms with Crippen molar-refractivity contribution in [1.82, 2.24) is 14.5 Å². The number of nitrogens with zero attached hydrogens (tertiary/aromatic N) is 3. The number of imidazole rings is 1. The second-order valence-electron chi connectivity index (χ2n) is 5.60. The Morgan fingerprint density at radius 1 is 1.25 bits per heavy atom. The minimum absolute atomic E-state index is 0.100. The van der Waals surface area contributed by atoms with E-state index in [2.05, 4.69) is 15.3 Å². The first-order valence-electron chi connectivity index (χ1n) is 7.61. The van der Waals surface area contributed by atoms with Crippen LogP contribution in [-0.2, 0) is 11.2 Å². The van der Waals surface area contributed by atoms with Gasteiger partial charge >= 0.3 is 0 Å². The summed E-state index contributed by atoms with van der Waals surface area (Å²) in [5.74, 6) is 0.116. The minimum atomic E-state index is -0.278. The minimum Gasteiger partial charge on any atom is -0.324 e. The average Bonchev–Trinajstić information content (AvgIpc) is 3.12. The number of amides is 1. The number of anilines is 1. The van der Waals surface area contributed by atoms with E-state index < -0.39 is 0 Å². The fraction of sp³-hybridized carbons (Fsp3) is 0.167. The summed E-state index contributed by atoms with van der Waals surface area (Å²) in [7, 11) is 0. The Bertz CT molecular complexity index is 798. The summed E-state index contributed by atoms with van der Waals surface area (Å²) >= 11 is 0. The first-order chi connectivity index (χ1) is 11.6. The molecule has 0 aliphatic carbocycles. The molecule has 2 heterocycles. The molecule has 1 atom stereocenters. The van der Waals surface area contributed by atoms with Crippen molar-refractivity contribution in [2.24, 2.45) is 5.92 Å². The van der Waals surface area contributed by atoms with E-state index in [-0.39, 0.29) is 17.6 Å². The van der Waals surface area contributed by atoms with Crippen LogP contribution in [0.4, 0.5) is 10.1 Å². The van der Waals surface area contributed by atoms with Gasteiger partial charge in [-0.1, -0.05) is 19.1 Å². The van der Waals surface area contributed by atoms with Crippen molar-refractivity contribution in [3.8, 4) is 5.82 Å². The predicted molar refractivity (Wildman–Crippen MR) is 89.3 cm³/mol. The van der Waals surface area contributed by atoms with Gasteiger partial charge in [0.25, 0.3) is 0 Å². The van der Waals surface area contributed by atoms with Crippen molar-refractivity contribution >= 4 is 11.6 Å². The topological polar surface area (TPSA) is 59.8 Å². The van der Waals surface area contributed by atoms with E-state index >= 15 is 0 Å². The predicted octanol–water partition coefficient (Wildman–Crippen LogP) is 3.22. The molecule has 24 heavy (non-hydrogen) atoms. The van der Waals surface area contributed by atoms with Gasteiger partial charge in [-0.2, -0.15) is 0 Å². The van der Waals surface area contributed by atoms with Crippen molar-refractivity contribution < 1.29 is 9.18 Å². The average molecular weight is 324 g/mol. The SMILES string of the molecule is CC(Cc1ccc(F)cc1)C(=O)Nc1ccc(-n2ccnc2)nc1. The van der Waals surface area contributed by atoms with E-state index in [0.717, 1.165) is 11.4 Å². The Hall–Kier alpha value is -3.02. The molecule has 0 saturated carbocycles. The molecule has 1 unspecified atom stereocenters. The smallest absolute Gasteiger partial charge is 0.227 e. The van der Waals surface area contributed by atoms with Crippen LogP contribution in [0.25, 0.3) is 5.82 Å². The molecular formula is C18H17FN4O. The highest BCUT2D eigenvalue weighted by molar-refractivity contribution is 5.92. The van der Waals surface area contributed by atoms with Gasteiger partial charge in [0.2, 0.25) is 5.91 Å². The van der Waals surface area contributed by atoms with E-state index in [1.54, 1.807) is 47.7 Å². The van der Waals surface area contributed by atoms with E-state index in [9.17, 15) is 9.18 Å². The summed E-state index contributed by atoms with van der Waals surface area (Å²) in [6, 6.07) is 9.80. The number of hydrogen-bond acceptors (Lipinski definition) is 3. The zero-order valence-electron chi connectivity index (χ0n) is 13.2. The quantitative estimate of drug-likeness (QED) is 0.784. The number of halogens is 1. The highest BCUT2D eigenvalue weighted by Gasteiger charge is 2.14. The Balaban J connectivity index is 1.60. The lowest BCUT2D eigenvalue weighted by Crippen LogP contribution is -2.22. The molecule has 3 rings (SSSR count). The molecule has 1 N–H and O–H groups in total. The molecule has 0 saturated heterocycles. The lowest BCUT2D eigenvalue weighted by molar-refractivity contribution is -0.119. The third-order valence-electron chi connectivity index (χ3n) is 3.69. The third kappa shape index (κ3) is 3.84. The van der Waals surface area contributed by atoms with Crippen molar-refractivity contribution in [2.45, 2.75) is 13.3 Å². The maximum Gasteiger partial charge on any atom is 0.227 e. The van der Waals surface area contributed by atoms with Crippen LogP contribution in [0.1, 0.15) is 12.5 Å². The summed E-state index contributed by atoms with van der Waals surface area (Å²) in [5.41, 5.74) is 1.56. The number of aromatic nitrogens is 3.